The first-order valence-corrected chi connectivity index (χ1v) is 7.73. The van der Waals surface area contributed by atoms with E-state index in [2.05, 4.69) is 22.3 Å². The van der Waals surface area contributed by atoms with Crippen LogP contribution in [-0.2, 0) is 17.6 Å². The molecule has 2 heterocycles. The summed E-state index contributed by atoms with van der Waals surface area (Å²) in [6.45, 7) is 1.64. The van der Waals surface area contributed by atoms with Crippen molar-refractivity contribution in [3.05, 3.63) is 41.6 Å². The normalized spacial score (nSPS) is 17.4. The van der Waals surface area contributed by atoms with E-state index in [0.717, 1.165) is 50.0 Å². The van der Waals surface area contributed by atoms with Gasteiger partial charge in [-0.05, 0) is 19.3 Å². The number of halogens is 1. The van der Waals surface area contributed by atoms with Gasteiger partial charge in [-0.15, -0.1) is 12.4 Å². The van der Waals surface area contributed by atoms with Gasteiger partial charge < -0.3 is 4.90 Å². The monoisotopic (exact) mass is 317 g/mol. The van der Waals surface area contributed by atoms with Gasteiger partial charge in [0.15, 0.2) is 0 Å². The smallest absolute Gasteiger partial charge is 0.225 e. The van der Waals surface area contributed by atoms with Gasteiger partial charge in [-0.3, -0.25) is 9.89 Å². The fraction of sp³-hybridized carbons (Fsp3) is 0.412. The van der Waals surface area contributed by atoms with Gasteiger partial charge >= 0.3 is 0 Å². The summed E-state index contributed by atoms with van der Waals surface area (Å²) in [5.41, 5.74) is 4.68. The van der Waals surface area contributed by atoms with Crippen LogP contribution >= 0.6 is 12.4 Å². The molecule has 1 aliphatic heterocycles. The highest BCUT2D eigenvalue weighted by Crippen LogP contribution is 2.32. The van der Waals surface area contributed by atoms with E-state index in [4.69, 9.17) is 0 Å². The molecule has 2 aromatic rings. The first-order chi connectivity index (χ1) is 10.3. The third-order valence-electron chi connectivity index (χ3n) is 4.50. The fourth-order valence-corrected chi connectivity index (χ4v) is 3.13. The molecule has 116 valence electrons. The highest BCUT2D eigenvalue weighted by molar-refractivity contribution is 5.85. The summed E-state index contributed by atoms with van der Waals surface area (Å²) >= 11 is 0. The van der Waals surface area contributed by atoms with Crippen LogP contribution in [0.5, 0.6) is 0 Å². The minimum atomic E-state index is 0. The number of fused-ring (bicyclic) bond motifs is 1. The lowest BCUT2D eigenvalue weighted by Crippen LogP contribution is -2.34. The Bertz CT molecular complexity index is 664. The van der Waals surface area contributed by atoms with Gasteiger partial charge in [0.05, 0.1) is 5.69 Å². The molecule has 1 aliphatic carbocycles. The number of nitrogens with one attached hydrogen (secondary N) is 1. The third-order valence-corrected chi connectivity index (χ3v) is 4.50. The number of rotatable bonds is 2. The van der Waals surface area contributed by atoms with Gasteiger partial charge in [0.1, 0.15) is 0 Å². The van der Waals surface area contributed by atoms with Gasteiger partial charge in [0, 0.05) is 42.2 Å². The van der Waals surface area contributed by atoms with Crippen molar-refractivity contribution in [2.24, 2.45) is 5.92 Å². The fourth-order valence-electron chi connectivity index (χ4n) is 3.13. The van der Waals surface area contributed by atoms with E-state index in [1.807, 2.05) is 23.1 Å². The molecule has 22 heavy (non-hydrogen) atoms. The summed E-state index contributed by atoms with van der Waals surface area (Å²) < 4.78 is 0. The van der Waals surface area contributed by atoms with Crippen LogP contribution in [0.2, 0.25) is 0 Å². The van der Waals surface area contributed by atoms with Crippen LogP contribution in [0, 0.1) is 5.92 Å². The van der Waals surface area contributed by atoms with Crippen LogP contribution in [0.25, 0.3) is 11.3 Å². The summed E-state index contributed by atoms with van der Waals surface area (Å²) in [6.07, 6.45) is 3.94. The maximum absolute atomic E-state index is 12.2. The van der Waals surface area contributed by atoms with Gasteiger partial charge in [-0.2, -0.15) is 5.10 Å². The van der Waals surface area contributed by atoms with Crippen LogP contribution in [0.3, 0.4) is 0 Å². The topological polar surface area (TPSA) is 49.0 Å². The van der Waals surface area contributed by atoms with Gasteiger partial charge in [-0.25, -0.2) is 0 Å². The maximum Gasteiger partial charge on any atom is 0.225 e. The molecule has 4 rings (SSSR count). The highest BCUT2D eigenvalue weighted by Gasteiger charge is 2.34. The van der Waals surface area contributed by atoms with E-state index in [0.29, 0.717) is 11.8 Å². The van der Waals surface area contributed by atoms with Crippen molar-refractivity contribution in [2.45, 2.75) is 25.7 Å². The molecule has 0 atom stereocenters. The maximum atomic E-state index is 12.2. The first-order valence-electron chi connectivity index (χ1n) is 7.73. The van der Waals surface area contributed by atoms with Gasteiger partial charge in [0.2, 0.25) is 5.91 Å². The van der Waals surface area contributed by atoms with Crippen LogP contribution in [0.4, 0.5) is 0 Å². The standard InChI is InChI=1S/C17H19N3O.ClH/c21-17(13-6-7-13)20-10-8-14-15(9-11-20)18-19-16(14)12-4-2-1-3-5-12;/h1-5,13H,6-11H2,(H,18,19);1H. The number of aromatic amines is 1. The van der Waals surface area contributed by atoms with Crippen molar-refractivity contribution in [1.82, 2.24) is 15.1 Å². The van der Waals surface area contributed by atoms with Crippen molar-refractivity contribution in [3.8, 4) is 11.3 Å². The zero-order valence-electron chi connectivity index (χ0n) is 12.4. The second kappa shape index (κ2) is 6.13. The Morgan fingerprint density at radius 3 is 2.59 bits per heavy atom. The molecule has 1 saturated carbocycles. The lowest BCUT2D eigenvalue weighted by atomic mass is 10.0. The lowest BCUT2D eigenvalue weighted by Gasteiger charge is -2.20. The Hall–Kier alpha value is -1.81. The van der Waals surface area contributed by atoms with Crippen LogP contribution < -0.4 is 0 Å². The van der Waals surface area contributed by atoms with Crippen molar-refractivity contribution >= 4 is 18.3 Å². The first kappa shape index (κ1) is 15.1. The van der Waals surface area contributed by atoms with E-state index >= 15 is 0 Å². The van der Waals surface area contributed by atoms with Gasteiger partial charge in [0.25, 0.3) is 0 Å². The second-order valence-corrected chi connectivity index (χ2v) is 5.99. The average Bonchev–Trinajstić information content (AvgIpc) is 3.32. The Kier molecular flexibility index (Phi) is 4.21. The van der Waals surface area contributed by atoms with E-state index in [9.17, 15) is 4.79 Å². The Morgan fingerprint density at radius 1 is 1.14 bits per heavy atom. The molecule has 0 spiro atoms. The summed E-state index contributed by atoms with van der Waals surface area (Å²) in [4.78, 5) is 14.3. The molecule has 0 unspecified atom stereocenters. The number of nitrogens with zero attached hydrogens (tertiary/aromatic N) is 2. The van der Waals surface area contributed by atoms with Crippen LogP contribution in [-0.4, -0.2) is 34.1 Å². The predicted octanol–water partition coefficient (Wildman–Crippen LogP) is 2.84. The summed E-state index contributed by atoms with van der Waals surface area (Å²) in [5, 5.41) is 7.68. The van der Waals surface area contributed by atoms with Crippen molar-refractivity contribution in [1.29, 1.82) is 0 Å². The molecule has 1 amide bonds. The van der Waals surface area contributed by atoms with E-state index in [-0.39, 0.29) is 12.4 Å². The molecule has 5 heteroatoms. The predicted molar refractivity (Wildman–Crippen MR) is 88.0 cm³/mol. The molecule has 1 aromatic heterocycles. The average molecular weight is 318 g/mol. The van der Waals surface area contributed by atoms with Crippen molar-refractivity contribution < 1.29 is 4.79 Å². The van der Waals surface area contributed by atoms with E-state index in [1.165, 1.54) is 11.3 Å². The molecule has 2 aliphatic rings. The number of hydrogen-bond donors (Lipinski definition) is 1. The van der Waals surface area contributed by atoms with Crippen molar-refractivity contribution in [2.75, 3.05) is 13.1 Å². The summed E-state index contributed by atoms with van der Waals surface area (Å²) in [5.74, 6) is 0.669. The number of carbonyl (C=O) groups is 1. The minimum Gasteiger partial charge on any atom is -0.342 e. The van der Waals surface area contributed by atoms with Crippen LogP contribution in [0.1, 0.15) is 24.1 Å². The second-order valence-electron chi connectivity index (χ2n) is 5.99. The Morgan fingerprint density at radius 2 is 1.86 bits per heavy atom. The third kappa shape index (κ3) is 2.75. The van der Waals surface area contributed by atoms with E-state index < -0.39 is 0 Å². The number of benzene rings is 1. The quantitative estimate of drug-likeness (QED) is 0.926. The number of H-pyrrole nitrogens is 1. The SMILES string of the molecule is Cl.O=C(C1CC1)N1CCc2[nH]nc(-c3ccccc3)c2CC1. The van der Waals surface area contributed by atoms with Crippen LogP contribution in [0.15, 0.2) is 30.3 Å². The molecule has 0 saturated heterocycles. The van der Waals surface area contributed by atoms with Crippen molar-refractivity contribution in [3.63, 3.8) is 0 Å². The lowest BCUT2D eigenvalue weighted by molar-refractivity contribution is -0.132. The number of aromatic nitrogens is 2. The molecule has 0 bridgehead atoms. The molecule has 1 aromatic carbocycles. The highest BCUT2D eigenvalue weighted by atomic mass is 35.5. The molecule has 4 nitrogen and oxygen atoms in total. The Balaban J connectivity index is 0.00000144. The van der Waals surface area contributed by atoms with E-state index in [1.54, 1.807) is 0 Å². The molecule has 1 fully saturated rings. The largest absolute Gasteiger partial charge is 0.342 e. The number of amides is 1. The molecular weight excluding hydrogens is 298 g/mol. The molecule has 1 N–H and O–H groups in total. The number of hydrogen-bond acceptors (Lipinski definition) is 2. The molecular formula is C17H20ClN3O. The van der Waals surface area contributed by atoms with Gasteiger partial charge in [-0.1, -0.05) is 30.3 Å². The minimum absolute atomic E-state index is 0. The zero-order valence-corrected chi connectivity index (χ0v) is 13.2. The Labute approximate surface area is 136 Å². The zero-order chi connectivity index (χ0) is 14.2. The summed E-state index contributed by atoms with van der Waals surface area (Å²) in [7, 11) is 0. The summed E-state index contributed by atoms with van der Waals surface area (Å²) in [6, 6.07) is 10.3. The number of carbonyl (C=O) groups excluding carboxylic acids is 1. The molecule has 0 radical (unpaired) electrons.